The Morgan fingerprint density at radius 1 is 1.67 bits per heavy atom. The lowest BCUT2D eigenvalue weighted by Gasteiger charge is -2.17. The minimum absolute atomic E-state index is 0.128. The van der Waals surface area contributed by atoms with Crippen molar-refractivity contribution in [3.05, 3.63) is 10.0 Å². The van der Waals surface area contributed by atoms with Crippen LogP contribution >= 0.6 is 23.1 Å². The molecule has 7 heteroatoms. The first-order chi connectivity index (χ1) is 7.13. The van der Waals surface area contributed by atoms with E-state index in [0.717, 1.165) is 18.1 Å². The molecule has 1 heterocycles. The number of aliphatic carboxylic acids is 1. The minimum Gasteiger partial charge on any atom is -0.481 e. The summed E-state index contributed by atoms with van der Waals surface area (Å²) >= 11 is 7.00. The molecule has 0 spiro atoms. The van der Waals surface area contributed by atoms with Crippen molar-refractivity contribution < 1.29 is 9.90 Å². The first kappa shape index (κ1) is 12.4. The van der Waals surface area contributed by atoms with E-state index in [2.05, 4.69) is 9.59 Å². The molecule has 0 aliphatic carbocycles. The highest BCUT2D eigenvalue weighted by molar-refractivity contribution is 7.10. The topological polar surface area (TPSA) is 66.3 Å². The zero-order chi connectivity index (χ0) is 11.3. The average Bonchev–Trinajstić information content (AvgIpc) is 2.58. The van der Waals surface area contributed by atoms with Crippen molar-refractivity contribution in [2.45, 2.75) is 19.9 Å². The molecule has 0 aliphatic rings. The lowest BCUT2D eigenvalue weighted by molar-refractivity contribution is -0.137. The molecule has 0 saturated heterocycles. The summed E-state index contributed by atoms with van der Waals surface area (Å²) in [6.07, 6.45) is 0.128. The summed E-state index contributed by atoms with van der Waals surface area (Å²) in [7, 11) is 0. The molecular weight excluding hydrogens is 238 g/mol. The summed E-state index contributed by atoms with van der Waals surface area (Å²) in [5.41, 5.74) is 0.717. The van der Waals surface area contributed by atoms with E-state index in [0.29, 0.717) is 23.1 Å². The molecule has 1 aromatic rings. The summed E-state index contributed by atoms with van der Waals surface area (Å²) in [6, 6.07) is 0. The molecule has 84 valence electrons. The predicted octanol–water partition coefficient (Wildman–Crippen LogP) is 1.49. The number of rotatable bonds is 6. The molecule has 0 fully saturated rings. The van der Waals surface area contributed by atoms with Crippen molar-refractivity contribution in [3.8, 4) is 0 Å². The van der Waals surface area contributed by atoms with Crippen LogP contribution in [0.1, 0.15) is 19.0 Å². The number of carbonyl (C=O) groups is 1. The summed E-state index contributed by atoms with van der Waals surface area (Å²) in [4.78, 5) is 12.4. The Balaban J connectivity index is 2.47. The van der Waals surface area contributed by atoms with Crippen molar-refractivity contribution in [2.75, 3.05) is 13.1 Å². The maximum absolute atomic E-state index is 10.4. The molecular formula is C8H12ClN3O2S. The standard InChI is InChI=1S/C8H12ClN3O2S/c1-2-12(4-3-7(13)14)5-6-8(9)15-11-10-6/h2-5H2,1H3,(H,13,14). The number of hydrogen-bond acceptors (Lipinski definition) is 5. The second-order valence-electron chi connectivity index (χ2n) is 3.01. The number of hydrogen-bond donors (Lipinski definition) is 1. The maximum atomic E-state index is 10.4. The van der Waals surface area contributed by atoms with Crippen LogP contribution in [0.2, 0.25) is 4.34 Å². The highest BCUT2D eigenvalue weighted by atomic mass is 35.5. The first-order valence-electron chi connectivity index (χ1n) is 4.54. The van der Waals surface area contributed by atoms with Gasteiger partial charge in [0.2, 0.25) is 0 Å². The van der Waals surface area contributed by atoms with Crippen LogP contribution in [-0.2, 0) is 11.3 Å². The highest BCUT2D eigenvalue weighted by Crippen LogP contribution is 2.18. The van der Waals surface area contributed by atoms with Gasteiger partial charge in [-0.15, -0.1) is 5.10 Å². The molecule has 0 aromatic carbocycles. The van der Waals surface area contributed by atoms with Gasteiger partial charge in [0.25, 0.3) is 0 Å². The third kappa shape index (κ3) is 4.11. The van der Waals surface area contributed by atoms with Crippen LogP contribution in [0, 0.1) is 0 Å². The van der Waals surface area contributed by atoms with Gasteiger partial charge < -0.3 is 5.11 Å². The fourth-order valence-corrected chi connectivity index (χ4v) is 1.72. The molecule has 1 rings (SSSR count). The molecule has 0 aliphatic heterocycles. The third-order valence-electron chi connectivity index (χ3n) is 1.97. The SMILES string of the molecule is CCN(CCC(=O)O)Cc1nnsc1Cl. The van der Waals surface area contributed by atoms with Crippen LogP contribution in [0.15, 0.2) is 0 Å². The zero-order valence-electron chi connectivity index (χ0n) is 8.31. The number of carboxylic acids is 1. The monoisotopic (exact) mass is 249 g/mol. The van der Waals surface area contributed by atoms with Crippen molar-refractivity contribution in [1.29, 1.82) is 0 Å². The second-order valence-corrected chi connectivity index (χ2v) is 4.36. The Morgan fingerprint density at radius 3 is 2.87 bits per heavy atom. The van der Waals surface area contributed by atoms with Crippen molar-refractivity contribution in [1.82, 2.24) is 14.5 Å². The van der Waals surface area contributed by atoms with Crippen LogP contribution < -0.4 is 0 Å². The summed E-state index contributed by atoms with van der Waals surface area (Å²) in [5.74, 6) is -0.795. The summed E-state index contributed by atoms with van der Waals surface area (Å²) in [6.45, 7) is 3.79. The molecule has 0 bridgehead atoms. The normalized spacial score (nSPS) is 10.9. The Labute approximate surface area is 96.8 Å². The lowest BCUT2D eigenvalue weighted by Crippen LogP contribution is -2.26. The van der Waals surface area contributed by atoms with Gasteiger partial charge in [0, 0.05) is 24.6 Å². The van der Waals surface area contributed by atoms with Crippen molar-refractivity contribution in [3.63, 3.8) is 0 Å². The van der Waals surface area contributed by atoms with Crippen LogP contribution in [0.4, 0.5) is 0 Å². The second kappa shape index (κ2) is 5.99. The molecule has 0 radical (unpaired) electrons. The van der Waals surface area contributed by atoms with Gasteiger partial charge in [-0.3, -0.25) is 9.69 Å². The molecule has 15 heavy (non-hydrogen) atoms. The maximum Gasteiger partial charge on any atom is 0.304 e. The number of nitrogens with zero attached hydrogens (tertiary/aromatic N) is 3. The van der Waals surface area contributed by atoms with Gasteiger partial charge in [0.15, 0.2) is 0 Å². The van der Waals surface area contributed by atoms with Gasteiger partial charge in [0.1, 0.15) is 10.0 Å². The number of carboxylic acid groups (broad SMARTS) is 1. The van der Waals surface area contributed by atoms with Gasteiger partial charge in [-0.25, -0.2) is 0 Å². The lowest BCUT2D eigenvalue weighted by atomic mass is 10.3. The van der Waals surface area contributed by atoms with Crippen LogP contribution in [0.25, 0.3) is 0 Å². The Bertz CT molecular complexity index is 331. The van der Waals surface area contributed by atoms with Crippen molar-refractivity contribution in [2.24, 2.45) is 0 Å². The van der Waals surface area contributed by atoms with Gasteiger partial charge in [-0.2, -0.15) is 0 Å². The smallest absolute Gasteiger partial charge is 0.304 e. The van der Waals surface area contributed by atoms with E-state index in [-0.39, 0.29) is 6.42 Å². The fourth-order valence-electron chi connectivity index (χ4n) is 1.11. The predicted molar refractivity (Wildman–Crippen MR) is 58.1 cm³/mol. The molecule has 0 unspecified atom stereocenters. The van der Waals surface area contributed by atoms with Crippen LogP contribution in [0.3, 0.4) is 0 Å². The van der Waals surface area contributed by atoms with Gasteiger partial charge in [-0.05, 0) is 6.54 Å². The molecule has 1 N–H and O–H groups in total. The van der Waals surface area contributed by atoms with Crippen LogP contribution in [-0.4, -0.2) is 38.7 Å². The number of aromatic nitrogens is 2. The average molecular weight is 250 g/mol. The Hall–Kier alpha value is -0.720. The number of halogens is 1. The zero-order valence-corrected chi connectivity index (χ0v) is 9.88. The van der Waals surface area contributed by atoms with E-state index in [1.54, 1.807) is 0 Å². The Kier molecular flexibility index (Phi) is 4.93. The molecule has 0 amide bonds. The first-order valence-corrected chi connectivity index (χ1v) is 5.69. The molecule has 1 aromatic heterocycles. The highest BCUT2D eigenvalue weighted by Gasteiger charge is 2.11. The fraction of sp³-hybridized carbons (Fsp3) is 0.625. The minimum atomic E-state index is -0.795. The van der Waals surface area contributed by atoms with Gasteiger partial charge in [0.05, 0.1) is 6.42 Å². The van der Waals surface area contributed by atoms with Crippen molar-refractivity contribution >= 4 is 29.1 Å². The van der Waals surface area contributed by atoms with Gasteiger partial charge in [-0.1, -0.05) is 23.0 Å². The Morgan fingerprint density at radius 2 is 2.40 bits per heavy atom. The summed E-state index contributed by atoms with van der Waals surface area (Å²) in [5, 5.41) is 12.4. The van der Waals surface area contributed by atoms with E-state index >= 15 is 0 Å². The van der Waals surface area contributed by atoms with Gasteiger partial charge >= 0.3 is 5.97 Å². The van der Waals surface area contributed by atoms with E-state index in [9.17, 15) is 4.79 Å². The summed E-state index contributed by atoms with van der Waals surface area (Å²) < 4.78 is 4.29. The quantitative estimate of drug-likeness (QED) is 0.827. The van der Waals surface area contributed by atoms with E-state index in [1.165, 1.54) is 0 Å². The molecule has 0 atom stereocenters. The third-order valence-corrected chi connectivity index (χ3v) is 2.96. The van der Waals surface area contributed by atoms with E-state index in [1.807, 2.05) is 11.8 Å². The van der Waals surface area contributed by atoms with E-state index in [4.69, 9.17) is 16.7 Å². The molecule has 5 nitrogen and oxygen atoms in total. The van der Waals surface area contributed by atoms with Crippen LogP contribution in [0.5, 0.6) is 0 Å². The van der Waals surface area contributed by atoms with E-state index < -0.39 is 5.97 Å². The molecule has 0 saturated carbocycles. The largest absolute Gasteiger partial charge is 0.481 e.